The Balaban J connectivity index is 0.000000149. The van der Waals surface area contributed by atoms with Gasteiger partial charge in [-0.1, -0.05) is 70.4 Å². The molecule has 8 N–H and O–H groups in total. The van der Waals surface area contributed by atoms with Crippen molar-refractivity contribution in [2.24, 2.45) is 4.36 Å². The molecule has 21 heteroatoms. The van der Waals surface area contributed by atoms with E-state index >= 15 is 0 Å². The smallest absolute Gasteiger partial charge is 0.203 e. The molecule has 3 heterocycles. The number of nitrogen functional groups attached to an aromatic ring is 3. The molecule has 1 fully saturated rings. The van der Waals surface area contributed by atoms with E-state index in [2.05, 4.69) is 35.0 Å². The summed E-state index contributed by atoms with van der Waals surface area (Å²) in [6.45, 7) is 0. The van der Waals surface area contributed by atoms with Crippen LogP contribution in [0, 0.1) is 9.56 Å². The number of nitrogens with one attached hydrogen (secondary N) is 2. The highest BCUT2D eigenvalue weighted by molar-refractivity contribution is 7.93. The quantitative estimate of drug-likeness (QED) is 0.123. The third kappa shape index (κ3) is 9.68. The second-order valence-electron chi connectivity index (χ2n) is 11.0. The highest BCUT2D eigenvalue weighted by Crippen LogP contribution is 2.35. The number of hydrogen-bond acceptors (Lipinski definition) is 18. The van der Waals surface area contributed by atoms with Gasteiger partial charge in [0.05, 0.1) is 29.2 Å². The highest BCUT2D eigenvalue weighted by atomic mass is 32.2. The topological polar surface area (TPSA) is 267 Å². The minimum Gasteiger partial charge on any atom is -0.374 e. The zero-order valence-corrected chi connectivity index (χ0v) is 32.4. The van der Waals surface area contributed by atoms with Crippen LogP contribution in [0.5, 0.6) is 0 Å². The molecule has 0 bridgehead atoms. The zero-order valence-electron chi connectivity index (χ0n) is 27.5. The predicted molar refractivity (Wildman–Crippen MR) is 207 cm³/mol. The van der Waals surface area contributed by atoms with Gasteiger partial charge in [-0.25, -0.2) is 26.5 Å². The first-order valence-corrected chi connectivity index (χ1v) is 22.7. The van der Waals surface area contributed by atoms with Crippen LogP contribution in [-0.2, 0) is 29.2 Å². The van der Waals surface area contributed by atoms with Crippen LogP contribution in [0.3, 0.4) is 0 Å². The predicted octanol–water partition coefficient (Wildman–Crippen LogP) is 6.05. The summed E-state index contributed by atoms with van der Waals surface area (Å²) in [4.78, 5) is 1.82. The lowest BCUT2D eigenvalue weighted by Crippen LogP contribution is -2.04. The summed E-state index contributed by atoms with van der Waals surface area (Å²) in [5.41, 5.74) is 19.2. The van der Waals surface area contributed by atoms with Crippen LogP contribution in [0.15, 0.2) is 91.8 Å². The average Bonchev–Trinajstić information content (AvgIpc) is 3.53. The van der Waals surface area contributed by atoms with Gasteiger partial charge in [-0.15, -0.1) is 30.6 Å². The third-order valence-corrected chi connectivity index (χ3v) is 15.0. The van der Waals surface area contributed by atoms with E-state index in [0.29, 0.717) is 30.1 Å². The molecule has 0 saturated heterocycles. The molecule has 268 valence electrons. The Labute approximate surface area is 307 Å². The molecule has 3 atom stereocenters. The number of nitrogens with two attached hydrogens (primary N) is 3. The first-order valence-electron chi connectivity index (χ1n) is 14.8. The molecule has 15 nitrogen and oxygen atoms in total. The second kappa shape index (κ2) is 15.5. The summed E-state index contributed by atoms with van der Waals surface area (Å²) in [7, 11) is -5.99. The molecule has 0 aliphatic heterocycles. The third-order valence-electron chi connectivity index (χ3n) is 7.21. The van der Waals surface area contributed by atoms with Gasteiger partial charge in [0, 0.05) is 56.2 Å². The van der Waals surface area contributed by atoms with E-state index < -0.39 is 29.2 Å². The van der Waals surface area contributed by atoms with Crippen LogP contribution in [0.2, 0.25) is 0 Å². The van der Waals surface area contributed by atoms with Gasteiger partial charge in [0.2, 0.25) is 15.4 Å². The van der Waals surface area contributed by atoms with E-state index in [9.17, 15) is 12.6 Å². The number of anilines is 3. The van der Waals surface area contributed by atoms with Crippen molar-refractivity contribution in [3.8, 4) is 31.7 Å². The zero-order chi connectivity index (χ0) is 37.0. The van der Waals surface area contributed by atoms with Crippen molar-refractivity contribution in [3.63, 3.8) is 0 Å². The standard InChI is InChI=1S/C11H12N4OS2.C10H12N4OS2.C9H10N4OS2/c12-11-15-14-10(17-11)7-1-3-8(4-2-7)18(13,16)9-5-6-9;1-12-17(2,15)8-5-3-7(4-6-8)9-13-14-10(11)16-9;1-16(11,14)7-4-2-6(3-5-7)8-12-13-9(10)15-8/h1-4,9,13H,5-6H2,(H2,12,15);3-6H,1-2H3,(H2,11,14);2-5,11H,1H3,(H2,10,13). The molecule has 3 aromatic heterocycles. The van der Waals surface area contributed by atoms with Crippen molar-refractivity contribution in [1.29, 1.82) is 9.56 Å². The van der Waals surface area contributed by atoms with Crippen LogP contribution >= 0.6 is 34.0 Å². The molecule has 0 amide bonds. The van der Waals surface area contributed by atoms with Gasteiger partial charge in [0.25, 0.3) is 0 Å². The average molecular weight is 803 g/mol. The molecule has 7 rings (SSSR count). The highest BCUT2D eigenvalue weighted by Gasteiger charge is 2.33. The Morgan fingerprint density at radius 3 is 1.20 bits per heavy atom. The summed E-state index contributed by atoms with van der Waals surface area (Å²) >= 11 is 3.92. The number of benzene rings is 3. The molecule has 1 saturated carbocycles. The van der Waals surface area contributed by atoms with Crippen LogP contribution in [0.4, 0.5) is 15.4 Å². The minimum absolute atomic E-state index is 0.0422. The Kier molecular flexibility index (Phi) is 11.5. The van der Waals surface area contributed by atoms with Crippen molar-refractivity contribution in [3.05, 3.63) is 72.8 Å². The molecular formula is C30H34N12O3S6. The van der Waals surface area contributed by atoms with E-state index in [1.807, 2.05) is 24.3 Å². The molecule has 1 aliphatic rings. The van der Waals surface area contributed by atoms with E-state index in [0.717, 1.165) is 44.6 Å². The number of aromatic nitrogens is 6. The monoisotopic (exact) mass is 802 g/mol. The van der Waals surface area contributed by atoms with Crippen LogP contribution in [-0.4, -0.2) is 68.0 Å². The summed E-state index contributed by atoms with van der Waals surface area (Å²) in [5, 5.41) is 26.6. The molecule has 51 heavy (non-hydrogen) atoms. The van der Waals surface area contributed by atoms with Gasteiger partial charge in [-0.3, -0.25) is 0 Å². The van der Waals surface area contributed by atoms with Gasteiger partial charge in [-0.2, -0.15) is 0 Å². The van der Waals surface area contributed by atoms with Crippen LogP contribution in [0.25, 0.3) is 31.7 Å². The van der Waals surface area contributed by atoms with Crippen molar-refractivity contribution in [2.75, 3.05) is 36.8 Å². The van der Waals surface area contributed by atoms with Gasteiger partial charge < -0.3 is 17.2 Å². The Hall–Kier alpha value is -4.41. The largest absolute Gasteiger partial charge is 0.374 e. The summed E-state index contributed by atoms with van der Waals surface area (Å²) in [6, 6.07) is 21.3. The molecule has 0 radical (unpaired) electrons. The van der Waals surface area contributed by atoms with E-state index in [1.165, 1.54) is 40.3 Å². The fraction of sp³-hybridized carbons (Fsp3) is 0.200. The van der Waals surface area contributed by atoms with E-state index in [4.69, 9.17) is 26.8 Å². The first-order chi connectivity index (χ1) is 24.1. The number of rotatable bonds is 7. The molecule has 3 unspecified atom stereocenters. The van der Waals surface area contributed by atoms with Crippen LogP contribution < -0.4 is 17.2 Å². The molecule has 0 spiro atoms. The molecular weight excluding hydrogens is 769 g/mol. The van der Waals surface area contributed by atoms with Crippen molar-refractivity contribution >= 4 is 78.6 Å². The van der Waals surface area contributed by atoms with Gasteiger partial charge >= 0.3 is 0 Å². The Bertz CT molecular complexity index is 2460. The van der Waals surface area contributed by atoms with Crippen LogP contribution in [0.1, 0.15) is 12.8 Å². The van der Waals surface area contributed by atoms with E-state index in [-0.39, 0.29) is 5.25 Å². The van der Waals surface area contributed by atoms with Crippen molar-refractivity contribution in [1.82, 2.24) is 30.6 Å². The fourth-order valence-electron chi connectivity index (χ4n) is 4.26. The van der Waals surface area contributed by atoms with Crippen molar-refractivity contribution < 1.29 is 12.6 Å². The lowest BCUT2D eigenvalue weighted by Gasteiger charge is -2.06. The van der Waals surface area contributed by atoms with Gasteiger partial charge in [0.1, 0.15) is 15.0 Å². The fourth-order valence-corrected chi connectivity index (χ4v) is 9.34. The maximum Gasteiger partial charge on any atom is 0.203 e. The van der Waals surface area contributed by atoms with Gasteiger partial charge in [0.15, 0.2) is 0 Å². The molecule has 6 aromatic rings. The maximum absolute atomic E-state index is 12.2. The molecule has 3 aromatic carbocycles. The number of nitrogens with zero attached hydrogens (tertiary/aromatic N) is 7. The summed E-state index contributed by atoms with van der Waals surface area (Å²) in [6.07, 6.45) is 4.81. The lowest BCUT2D eigenvalue weighted by atomic mass is 10.2. The van der Waals surface area contributed by atoms with Crippen molar-refractivity contribution in [2.45, 2.75) is 32.8 Å². The Morgan fingerprint density at radius 1 is 0.588 bits per heavy atom. The second-order valence-corrected chi connectivity index (χ2v) is 21.0. The lowest BCUT2D eigenvalue weighted by molar-refractivity contribution is 0.673. The first kappa shape index (κ1) is 37.8. The number of hydrogen-bond donors (Lipinski definition) is 5. The normalized spacial score (nSPS) is 15.8. The SMILES string of the molecule is CN=S(C)(=O)c1ccc(-c2nnc(N)s2)cc1.CS(=N)(=O)c1ccc(-c2nnc(N)s2)cc1.N=S(=O)(c1ccc(-c2nnc(N)s2)cc1)C1CC1. The summed E-state index contributed by atoms with van der Waals surface area (Å²) < 4.78 is 54.9. The van der Waals surface area contributed by atoms with E-state index in [1.54, 1.807) is 61.8 Å². The Morgan fingerprint density at radius 2 is 0.922 bits per heavy atom. The maximum atomic E-state index is 12.2. The minimum atomic E-state index is -2.65. The summed E-state index contributed by atoms with van der Waals surface area (Å²) in [5.74, 6) is 0. The molecule has 1 aliphatic carbocycles. The van der Waals surface area contributed by atoms with Gasteiger partial charge in [-0.05, 0) is 49.2 Å².